The molecular weight excluding hydrogens is 525 g/mol. The number of allylic oxidation sites excluding steroid dienone is 2. The first-order valence-electron chi connectivity index (χ1n) is 14.3. The molecule has 1 aliphatic rings. The largest absolute Gasteiger partial charge is 0.348 e. The molecule has 0 saturated heterocycles. The summed E-state index contributed by atoms with van der Waals surface area (Å²) in [6.45, 7) is 6.91. The quantitative estimate of drug-likeness (QED) is 0.135. The zero-order valence-corrected chi connectivity index (χ0v) is 24.1. The molecule has 4 aromatic carbocycles. The minimum absolute atomic E-state index is 0.155. The second-order valence-electron chi connectivity index (χ2n) is 11.2. The van der Waals surface area contributed by atoms with Crippen LogP contribution in [-0.4, -0.2) is 18.0 Å². The van der Waals surface area contributed by atoms with E-state index in [1.807, 2.05) is 36.4 Å². The first kappa shape index (κ1) is 28.9. The van der Waals surface area contributed by atoms with Gasteiger partial charge in [0.1, 0.15) is 5.82 Å². The van der Waals surface area contributed by atoms with Gasteiger partial charge in [-0.3, -0.25) is 14.4 Å². The van der Waals surface area contributed by atoms with Crippen LogP contribution in [0.4, 0.5) is 4.39 Å². The number of rotatable bonds is 8. The van der Waals surface area contributed by atoms with Gasteiger partial charge in [-0.25, -0.2) is 4.39 Å². The minimum atomic E-state index is -0.522. The first-order valence-corrected chi connectivity index (χ1v) is 14.3. The van der Waals surface area contributed by atoms with Gasteiger partial charge >= 0.3 is 0 Å². The van der Waals surface area contributed by atoms with E-state index in [0.29, 0.717) is 29.9 Å². The number of hydrogen-bond acceptors (Lipinski definition) is 3. The lowest BCUT2D eigenvalue weighted by Gasteiger charge is -2.24. The zero-order chi connectivity index (χ0) is 29.8. The number of carbonyl (C=O) groups is 3. The maximum absolute atomic E-state index is 13.2. The SMILES string of the molecule is CC1=C(C)c2cc(C(=O)NCc3ccc(F)cc3)ccc2C(C)C(Cc2ccc(-c3ccccc3C(=O)C=O)cc2)C1. The normalized spacial score (nSPS) is 16.4. The van der Waals surface area contributed by atoms with E-state index in [0.717, 1.165) is 35.1 Å². The fourth-order valence-corrected chi connectivity index (χ4v) is 5.90. The number of carbonyl (C=O) groups excluding carboxylic acids is 3. The summed E-state index contributed by atoms with van der Waals surface area (Å²) in [6.07, 6.45) is 2.20. The van der Waals surface area contributed by atoms with Crippen LogP contribution in [0.2, 0.25) is 0 Å². The summed E-state index contributed by atoms with van der Waals surface area (Å²) in [5.41, 5.74) is 9.60. The van der Waals surface area contributed by atoms with Crippen LogP contribution in [0.5, 0.6) is 0 Å². The van der Waals surface area contributed by atoms with Crippen LogP contribution in [-0.2, 0) is 17.8 Å². The second kappa shape index (κ2) is 12.5. The molecule has 4 nitrogen and oxygen atoms in total. The van der Waals surface area contributed by atoms with E-state index in [1.54, 1.807) is 24.3 Å². The fourth-order valence-electron chi connectivity index (χ4n) is 5.90. The molecule has 5 heteroatoms. The van der Waals surface area contributed by atoms with Crippen LogP contribution < -0.4 is 5.32 Å². The molecule has 0 heterocycles. The van der Waals surface area contributed by atoms with Gasteiger partial charge in [-0.1, -0.05) is 79.2 Å². The number of hydrogen-bond donors (Lipinski definition) is 1. The highest BCUT2D eigenvalue weighted by Gasteiger charge is 2.27. The lowest BCUT2D eigenvalue weighted by atomic mass is 9.80. The van der Waals surface area contributed by atoms with Crippen LogP contribution >= 0.6 is 0 Å². The molecule has 4 aromatic rings. The van der Waals surface area contributed by atoms with Crippen molar-refractivity contribution in [1.82, 2.24) is 5.32 Å². The fraction of sp³-hybridized carbons (Fsp3) is 0.216. The highest BCUT2D eigenvalue weighted by molar-refractivity contribution is 6.34. The van der Waals surface area contributed by atoms with Crippen molar-refractivity contribution >= 4 is 23.5 Å². The maximum Gasteiger partial charge on any atom is 0.251 e. The number of fused-ring (bicyclic) bond motifs is 1. The average Bonchev–Trinajstić information content (AvgIpc) is 3.10. The lowest BCUT2D eigenvalue weighted by Crippen LogP contribution is -2.23. The third kappa shape index (κ3) is 6.15. The molecule has 42 heavy (non-hydrogen) atoms. The molecule has 0 radical (unpaired) electrons. The van der Waals surface area contributed by atoms with Gasteiger partial charge in [-0.05, 0) is 102 Å². The van der Waals surface area contributed by atoms with Crippen molar-refractivity contribution in [2.75, 3.05) is 0 Å². The Morgan fingerprint density at radius 2 is 1.57 bits per heavy atom. The molecule has 5 rings (SSSR count). The van der Waals surface area contributed by atoms with Crippen molar-refractivity contribution < 1.29 is 18.8 Å². The van der Waals surface area contributed by atoms with Crippen molar-refractivity contribution in [1.29, 1.82) is 0 Å². The van der Waals surface area contributed by atoms with Gasteiger partial charge in [0.15, 0.2) is 6.29 Å². The number of halogens is 1. The second-order valence-corrected chi connectivity index (χ2v) is 11.2. The molecule has 1 aliphatic carbocycles. The topological polar surface area (TPSA) is 63.2 Å². The maximum atomic E-state index is 13.2. The summed E-state index contributed by atoms with van der Waals surface area (Å²) in [6, 6.07) is 27.6. The van der Waals surface area contributed by atoms with Crippen LogP contribution in [0.15, 0.2) is 96.6 Å². The molecule has 2 unspecified atom stereocenters. The van der Waals surface area contributed by atoms with E-state index in [-0.39, 0.29) is 17.6 Å². The van der Waals surface area contributed by atoms with E-state index < -0.39 is 5.78 Å². The van der Waals surface area contributed by atoms with Crippen molar-refractivity contribution in [3.63, 3.8) is 0 Å². The van der Waals surface area contributed by atoms with E-state index in [9.17, 15) is 18.8 Å². The van der Waals surface area contributed by atoms with Gasteiger partial charge in [-0.15, -0.1) is 0 Å². The number of nitrogens with one attached hydrogen (secondary N) is 1. The molecule has 0 fully saturated rings. The Kier molecular flexibility index (Phi) is 8.58. The summed E-state index contributed by atoms with van der Waals surface area (Å²) >= 11 is 0. The molecule has 1 N–H and O–H groups in total. The molecule has 0 bridgehead atoms. The van der Waals surface area contributed by atoms with Crippen molar-refractivity contribution in [2.45, 2.75) is 46.1 Å². The average molecular weight is 560 g/mol. The van der Waals surface area contributed by atoms with Crippen LogP contribution in [0.25, 0.3) is 16.7 Å². The van der Waals surface area contributed by atoms with Crippen LogP contribution in [0.3, 0.4) is 0 Å². The van der Waals surface area contributed by atoms with Gasteiger partial charge in [0.25, 0.3) is 5.91 Å². The number of amides is 1. The number of aldehydes is 1. The van der Waals surface area contributed by atoms with Gasteiger partial charge in [0.2, 0.25) is 5.78 Å². The number of Topliss-reactive ketones (excluding diaryl/α,β-unsaturated/α-hetero) is 1. The monoisotopic (exact) mass is 559 g/mol. The molecule has 0 spiro atoms. The van der Waals surface area contributed by atoms with Gasteiger partial charge in [0.05, 0.1) is 0 Å². The van der Waals surface area contributed by atoms with Gasteiger partial charge in [0, 0.05) is 17.7 Å². The number of benzene rings is 4. The summed E-state index contributed by atoms with van der Waals surface area (Å²) in [4.78, 5) is 36.2. The van der Waals surface area contributed by atoms with E-state index in [1.165, 1.54) is 34.4 Å². The smallest absolute Gasteiger partial charge is 0.251 e. The zero-order valence-electron chi connectivity index (χ0n) is 24.1. The lowest BCUT2D eigenvalue weighted by molar-refractivity contribution is -0.104. The van der Waals surface area contributed by atoms with Gasteiger partial charge in [-0.2, -0.15) is 0 Å². The summed E-state index contributed by atoms with van der Waals surface area (Å²) < 4.78 is 13.2. The van der Waals surface area contributed by atoms with Crippen molar-refractivity contribution in [2.24, 2.45) is 5.92 Å². The van der Waals surface area contributed by atoms with Crippen LogP contribution in [0.1, 0.15) is 76.1 Å². The van der Waals surface area contributed by atoms with E-state index >= 15 is 0 Å². The third-order valence-corrected chi connectivity index (χ3v) is 8.55. The molecule has 0 aromatic heterocycles. The molecular formula is C37H34FNO3. The van der Waals surface area contributed by atoms with Crippen molar-refractivity contribution in [3.05, 3.63) is 136 Å². The minimum Gasteiger partial charge on any atom is -0.348 e. The third-order valence-electron chi connectivity index (χ3n) is 8.55. The summed E-state index contributed by atoms with van der Waals surface area (Å²) in [5, 5.41) is 2.95. The van der Waals surface area contributed by atoms with Crippen LogP contribution in [0, 0.1) is 11.7 Å². The number of ketones is 1. The molecule has 212 valence electrons. The van der Waals surface area contributed by atoms with E-state index in [4.69, 9.17) is 0 Å². The summed E-state index contributed by atoms with van der Waals surface area (Å²) in [7, 11) is 0. The standard InChI is InChI=1S/C37H34FNO3/c1-23-18-30(19-26-8-12-28(13-9-26)33-6-4-5-7-34(33)36(41)22-40)25(3)32-17-14-29(20-35(32)24(23)2)37(42)39-21-27-10-15-31(38)16-11-27/h4-17,20,22,25,30H,18-19,21H2,1-3H3,(H,39,42). The Hall–Kier alpha value is -4.64. The van der Waals surface area contributed by atoms with Crippen molar-refractivity contribution in [3.8, 4) is 11.1 Å². The Morgan fingerprint density at radius 3 is 2.29 bits per heavy atom. The predicted octanol–water partition coefficient (Wildman–Crippen LogP) is 7.96. The highest BCUT2D eigenvalue weighted by Crippen LogP contribution is 2.41. The molecule has 1 amide bonds. The first-order chi connectivity index (χ1) is 20.2. The molecule has 2 atom stereocenters. The Bertz CT molecular complexity index is 1670. The Labute approximate surface area is 246 Å². The highest BCUT2D eigenvalue weighted by atomic mass is 19.1. The molecule has 0 saturated carbocycles. The Morgan fingerprint density at radius 1 is 0.881 bits per heavy atom. The summed E-state index contributed by atoms with van der Waals surface area (Å²) in [5.74, 6) is -0.333. The van der Waals surface area contributed by atoms with Gasteiger partial charge < -0.3 is 5.32 Å². The molecule has 0 aliphatic heterocycles. The Balaban J connectivity index is 1.34. The van der Waals surface area contributed by atoms with E-state index in [2.05, 4.69) is 44.3 Å². The predicted molar refractivity (Wildman–Crippen MR) is 165 cm³/mol.